The fraction of sp³-hybridized carbons (Fsp3) is 0.459. The minimum Gasteiger partial charge on any atom is -0.485 e. The molecule has 3 aliphatic carbocycles. The van der Waals surface area contributed by atoms with E-state index in [0.717, 1.165) is 69.1 Å². The minimum absolute atomic E-state index is 0.0496. The van der Waals surface area contributed by atoms with Gasteiger partial charge in [-0.25, -0.2) is 0 Å². The van der Waals surface area contributed by atoms with Crippen molar-refractivity contribution in [3.63, 3.8) is 0 Å². The maximum atomic E-state index is 7.36. The molecule has 2 heterocycles. The molecule has 0 radical (unpaired) electrons. The van der Waals surface area contributed by atoms with Crippen molar-refractivity contribution in [2.75, 3.05) is 19.7 Å². The molecule has 41 heavy (non-hydrogen) atoms. The van der Waals surface area contributed by atoms with E-state index in [4.69, 9.17) is 14.2 Å². The predicted molar refractivity (Wildman–Crippen MR) is 162 cm³/mol. The first kappa shape index (κ1) is 25.6. The average molecular weight is 548 g/mol. The predicted octanol–water partition coefficient (Wildman–Crippen LogP) is 7.04. The standard InChI is InChI=1S/C37H41NO3/c1-26-18-19-37(40-22-8-13-27-9-4-2-5-10-27)32-23-30-16-17-31(39-25-29-11-6-3-7-12-29)34-33(30)36(37,35(26)41-34)20-21-38(32)24-28-14-15-28/h2-7,9-12,16-17,28,32,35H,1,8,13-15,18-25H2/t32-,35+,36+,37-/m1/s1. The van der Waals surface area contributed by atoms with E-state index >= 15 is 0 Å². The average Bonchev–Trinajstić information content (AvgIpc) is 3.75. The second kappa shape index (κ2) is 10.0. The Balaban J connectivity index is 1.17. The molecule has 4 nitrogen and oxygen atoms in total. The van der Waals surface area contributed by atoms with Gasteiger partial charge in [-0.15, -0.1) is 0 Å². The Kier molecular flexibility index (Phi) is 6.27. The first-order valence-electron chi connectivity index (χ1n) is 15.8. The van der Waals surface area contributed by atoms with Crippen molar-refractivity contribution in [3.05, 3.63) is 107 Å². The van der Waals surface area contributed by atoms with Crippen molar-refractivity contribution < 1.29 is 14.2 Å². The minimum atomic E-state index is -0.265. The van der Waals surface area contributed by atoms with Crippen molar-refractivity contribution >= 4 is 0 Å². The van der Waals surface area contributed by atoms with Gasteiger partial charge in [0.25, 0.3) is 0 Å². The van der Waals surface area contributed by atoms with Gasteiger partial charge in [0.1, 0.15) is 12.7 Å². The molecule has 3 aromatic carbocycles. The lowest BCUT2D eigenvalue weighted by Crippen LogP contribution is -2.76. The highest BCUT2D eigenvalue weighted by Crippen LogP contribution is 2.67. The molecule has 0 amide bonds. The van der Waals surface area contributed by atoms with Crippen LogP contribution >= 0.6 is 0 Å². The van der Waals surface area contributed by atoms with Gasteiger partial charge in [-0.2, -0.15) is 0 Å². The summed E-state index contributed by atoms with van der Waals surface area (Å²) in [5.41, 5.74) is 6.12. The van der Waals surface area contributed by atoms with Crippen LogP contribution in [0.4, 0.5) is 0 Å². The van der Waals surface area contributed by atoms with E-state index in [1.807, 2.05) is 6.07 Å². The zero-order chi connectivity index (χ0) is 27.4. The molecule has 1 spiro atoms. The van der Waals surface area contributed by atoms with E-state index in [1.54, 1.807) is 0 Å². The van der Waals surface area contributed by atoms with Gasteiger partial charge < -0.3 is 14.2 Å². The van der Waals surface area contributed by atoms with Crippen LogP contribution in [0.25, 0.3) is 0 Å². The van der Waals surface area contributed by atoms with Crippen LogP contribution in [0.1, 0.15) is 60.8 Å². The molecule has 0 unspecified atom stereocenters. The molecule has 4 heteroatoms. The Bertz CT molecular complexity index is 1430. The smallest absolute Gasteiger partial charge is 0.166 e. The van der Waals surface area contributed by atoms with E-state index in [1.165, 1.54) is 47.2 Å². The monoisotopic (exact) mass is 547 g/mol. The SMILES string of the molecule is C=C1CC[C@@]2(OCCCc3ccccc3)[C@H]3Cc4ccc(OCc5ccccc5)c5c4[C@@]2(CCN3CC2CC2)[C@H]1O5. The molecule has 1 saturated heterocycles. The van der Waals surface area contributed by atoms with Gasteiger partial charge in [0.15, 0.2) is 11.5 Å². The number of piperidine rings is 1. The number of rotatable bonds is 10. The van der Waals surface area contributed by atoms with E-state index in [9.17, 15) is 0 Å². The van der Waals surface area contributed by atoms with Gasteiger partial charge in [0.2, 0.25) is 0 Å². The summed E-state index contributed by atoms with van der Waals surface area (Å²) in [5, 5.41) is 0. The van der Waals surface area contributed by atoms with E-state index < -0.39 is 0 Å². The summed E-state index contributed by atoms with van der Waals surface area (Å²) >= 11 is 0. The number of benzene rings is 3. The molecule has 5 aliphatic rings. The van der Waals surface area contributed by atoms with Gasteiger partial charge in [0.05, 0.1) is 11.0 Å². The first-order valence-corrected chi connectivity index (χ1v) is 15.8. The van der Waals surface area contributed by atoms with Gasteiger partial charge in [-0.05, 0) is 92.2 Å². The summed E-state index contributed by atoms with van der Waals surface area (Å²) in [6, 6.07) is 26.1. The third-order valence-corrected chi connectivity index (χ3v) is 10.7. The highest BCUT2D eigenvalue weighted by molar-refractivity contribution is 5.64. The maximum absolute atomic E-state index is 7.36. The zero-order valence-corrected chi connectivity index (χ0v) is 24.0. The van der Waals surface area contributed by atoms with Crippen LogP contribution in [0.3, 0.4) is 0 Å². The molecule has 2 bridgehead atoms. The normalized spacial score (nSPS) is 29.6. The van der Waals surface area contributed by atoms with Crippen molar-refractivity contribution in [1.29, 1.82) is 0 Å². The lowest BCUT2D eigenvalue weighted by Gasteiger charge is -2.65. The largest absolute Gasteiger partial charge is 0.485 e. The molecule has 8 rings (SSSR count). The molecule has 2 aliphatic heterocycles. The summed E-state index contributed by atoms with van der Waals surface area (Å²) in [7, 11) is 0. The lowest BCUT2D eigenvalue weighted by atomic mass is 9.48. The van der Waals surface area contributed by atoms with Crippen LogP contribution in [0, 0.1) is 5.92 Å². The molecular weight excluding hydrogens is 506 g/mol. The van der Waals surface area contributed by atoms with Gasteiger partial charge in [0, 0.05) is 24.8 Å². The third kappa shape index (κ3) is 4.09. The van der Waals surface area contributed by atoms with Crippen molar-refractivity contribution in [2.24, 2.45) is 5.92 Å². The summed E-state index contributed by atoms with van der Waals surface area (Å²) in [4.78, 5) is 2.81. The third-order valence-electron chi connectivity index (χ3n) is 10.7. The topological polar surface area (TPSA) is 30.9 Å². The van der Waals surface area contributed by atoms with E-state index in [-0.39, 0.29) is 17.1 Å². The van der Waals surface area contributed by atoms with Crippen LogP contribution in [0.2, 0.25) is 0 Å². The molecule has 0 N–H and O–H groups in total. The van der Waals surface area contributed by atoms with Crippen LogP contribution in [0.15, 0.2) is 84.9 Å². The first-order chi connectivity index (χ1) is 20.2. The summed E-state index contributed by atoms with van der Waals surface area (Å²) in [6.07, 6.45) is 8.86. The summed E-state index contributed by atoms with van der Waals surface area (Å²) < 4.78 is 20.9. The number of likely N-dealkylation sites (tertiary alicyclic amines) is 1. The number of ether oxygens (including phenoxy) is 3. The highest BCUT2D eigenvalue weighted by atomic mass is 16.5. The van der Waals surface area contributed by atoms with Crippen LogP contribution in [-0.4, -0.2) is 42.3 Å². The van der Waals surface area contributed by atoms with Gasteiger partial charge in [-0.1, -0.05) is 73.3 Å². The van der Waals surface area contributed by atoms with Crippen molar-refractivity contribution in [2.45, 2.75) is 81.1 Å². The molecule has 212 valence electrons. The van der Waals surface area contributed by atoms with E-state index in [2.05, 4.69) is 78.2 Å². The fourth-order valence-electron chi connectivity index (χ4n) is 8.67. The Morgan fingerprint density at radius 1 is 0.927 bits per heavy atom. The molecule has 2 saturated carbocycles. The number of nitrogens with zero attached hydrogens (tertiary/aromatic N) is 1. The highest BCUT2D eigenvalue weighted by Gasteiger charge is 2.73. The van der Waals surface area contributed by atoms with Crippen molar-refractivity contribution in [3.8, 4) is 11.5 Å². The summed E-state index contributed by atoms with van der Waals surface area (Å²) in [6.45, 7) is 8.23. The lowest BCUT2D eigenvalue weighted by molar-refractivity contribution is -0.207. The summed E-state index contributed by atoms with van der Waals surface area (Å²) in [5.74, 6) is 2.68. The van der Waals surface area contributed by atoms with Crippen molar-refractivity contribution in [1.82, 2.24) is 4.90 Å². The second-order valence-electron chi connectivity index (χ2n) is 13.1. The van der Waals surface area contributed by atoms with Crippen LogP contribution in [-0.2, 0) is 29.6 Å². The zero-order valence-electron chi connectivity index (χ0n) is 24.0. The Labute approximate surface area is 244 Å². The Morgan fingerprint density at radius 3 is 2.49 bits per heavy atom. The quantitative estimate of drug-likeness (QED) is 0.201. The molecule has 3 fully saturated rings. The Hall–Kier alpha value is -3.08. The fourth-order valence-corrected chi connectivity index (χ4v) is 8.67. The molecule has 4 atom stereocenters. The number of aryl methyl sites for hydroxylation is 1. The maximum Gasteiger partial charge on any atom is 0.166 e. The second-order valence-corrected chi connectivity index (χ2v) is 13.1. The van der Waals surface area contributed by atoms with Gasteiger partial charge >= 0.3 is 0 Å². The van der Waals surface area contributed by atoms with Gasteiger partial charge in [-0.3, -0.25) is 4.90 Å². The van der Waals surface area contributed by atoms with Crippen LogP contribution in [0.5, 0.6) is 11.5 Å². The molecular formula is C37H41NO3. The molecule has 0 aromatic heterocycles. The van der Waals surface area contributed by atoms with Crippen LogP contribution < -0.4 is 9.47 Å². The number of hydrogen-bond donors (Lipinski definition) is 0. The molecule has 3 aromatic rings. The number of hydrogen-bond acceptors (Lipinski definition) is 4. The van der Waals surface area contributed by atoms with E-state index in [0.29, 0.717) is 12.6 Å². The Morgan fingerprint density at radius 2 is 1.71 bits per heavy atom.